The lowest BCUT2D eigenvalue weighted by molar-refractivity contribution is -0.140. The van der Waals surface area contributed by atoms with Crippen molar-refractivity contribution in [2.75, 3.05) is 13.1 Å². The van der Waals surface area contributed by atoms with Gasteiger partial charge in [-0.15, -0.1) is 0 Å². The fourth-order valence-electron chi connectivity index (χ4n) is 4.30. The van der Waals surface area contributed by atoms with Crippen LogP contribution in [-0.4, -0.2) is 46.3 Å². The topological polar surface area (TPSA) is 69.7 Å². The van der Waals surface area contributed by atoms with Crippen molar-refractivity contribution in [3.8, 4) is 0 Å². The first-order chi connectivity index (χ1) is 14.3. The number of nitrogens with zero attached hydrogens (tertiary/aromatic N) is 2. The molecule has 6 nitrogen and oxygen atoms in total. The molecule has 1 aromatic carbocycles. The molecule has 4 amide bonds. The van der Waals surface area contributed by atoms with Gasteiger partial charge in [-0.2, -0.15) is 0 Å². The third-order valence-corrected chi connectivity index (χ3v) is 6.34. The van der Waals surface area contributed by atoms with E-state index in [2.05, 4.69) is 19.2 Å². The molecule has 1 heterocycles. The number of hydrogen-bond donors (Lipinski definition) is 1. The molecule has 0 bridgehead atoms. The molecule has 7 heteroatoms. The highest BCUT2D eigenvalue weighted by atomic mass is 19.1. The Morgan fingerprint density at radius 2 is 1.87 bits per heavy atom. The number of urea groups is 1. The first kappa shape index (κ1) is 22.2. The normalized spacial score (nSPS) is 23.7. The van der Waals surface area contributed by atoms with Crippen LogP contribution in [0.2, 0.25) is 0 Å². The van der Waals surface area contributed by atoms with Crippen LogP contribution in [0.25, 0.3) is 0 Å². The Hall–Kier alpha value is -2.44. The van der Waals surface area contributed by atoms with E-state index in [1.807, 2.05) is 0 Å². The predicted molar refractivity (Wildman–Crippen MR) is 112 cm³/mol. The molecule has 0 radical (unpaired) electrons. The molecule has 0 atom stereocenters. The van der Waals surface area contributed by atoms with Crippen LogP contribution in [-0.2, 0) is 16.1 Å². The van der Waals surface area contributed by atoms with Gasteiger partial charge >= 0.3 is 6.03 Å². The maximum Gasteiger partial charge on any atom is 0.325 e. The van der Waals surface area contributed by atoms with Crippen molar-refractivity contribution in [3.63, 3.8) is 0 Å². The first-order valence-electron chi connectivity index (χ1n) is 11.0. The summed E-state index contributed by atoms with van der Waals surface area (Å²) in [4.78, 5) is 41.4. The van der Waals surface area contributed by atoms with Crippen LogP contribution < -0.4 is 5.32 Å². The molecule has 1 spiro atoms. The van der Waals surface area contributed by atoms with Gasteiger partial charge in [-0.1, -0.05) is 38.8 Å². The Morgan fingerprint density at radius 1 is 1.20 bits per heavy atom. The zero-order chi connectivity index (χ0) is 21.7. The van der Waals surface area contributed by atoms with Crippen LogP contribution in [0.4, 0.5) is 9.18 Å². The Morgan fingerprint density at radius 3 is 2.50 bits per heavy atom. The van der Waals surface area contributed by atoms with E-state index < -0.39 is 11.6 Å². The molecule has 164 valence electrons. The highest BCUT2D eigenvalue weighted by Gasteiger charge is 2.52. The first-order valence-corrected chi connectivity index (χ1v) is 11.0. The predicted octanol–water partition coefficient (Wildman–Crippen LogP) is 3.85. The summed E-state index contributed by atoms with van der Waals surface area (Å²) in [7, 11) is 0. The summed E-state index contributed by atoms with van der Waals surface area (Å²) in [5, 5.41) is 2.87. The van der Waals surface area contributed by atoms with Crippen molar-refractivity contribution in [1.29, 1.82) is 0 Å². The van der Waals surface area contributed by atoms with Gasteiger partial charge in [0, 0.05) is 13.1 Å². The standard InChI is InChI=1S/C23H32FN3O3/c1-3-4-5-14-26(15-18-6-8-19(24)9-7-18)20(28)16-27-21(29)23(25-22(27)30)12-10-17(2)11-13-23/h6-9,17H,3-5,10-16H2,1-2H3,(H,25,30). The lowest BCUT2D eigenvalue weighted by Crippen LogP contribution is -2.50. The molecular weight excluding hydrogens is 385 g/mol. The maximum atomic E-state index is 13.2. The van der Waals surface area contributed by atoms with Crippen molar-refractivity contribution in [2.24, 2.45) is 5.92 Å². The molecule has 1 aliphatic heterocycles. The molecular formula is C23H32FN3O3. The summed E-state index contributed by atoms with van der Waals surface area (Å²) in [6.45, 7) is 4.85. The largest absolute Gasteiger partial charge is 0.337 e. The number of nitrogens with one attached hydrogen (secondary N) is 1. The van der Waals surface area contributed by atoms with Gasteiger partial charge in [-0.3, -0.25) is 14.5 Å². The van der Waals surface area contributed by atoms with Crippen LogP contribution in [0.1, 0.15) is 64.4 Å². The second kappa shape index (κ2) is 9.58. The molecule has 1 N–H and O–H groups in total. The van der Waals surface area contributed by atoms with Gasteiger partial charge in [0.2, 0.25) is 5.91 Å². The molecule has 30 heavy (non-hydrogen) atoms. The maximum absolute atomic E-state index is 13.2. The van der Waals surface area contributed by atoms with Crippen molar-refractivity contribution in [1.82, 2.24) is 15.1 Å². The molecule has 2 aliphatic rings. The summed E-state index contributed by atoms with van der Waals surface area (Å²) < 4.78 is 13.2. The second-order valence-electron chi connectivity index (χ2n) is 8.73. The Kier molecular flexibility index (Phi) is 7.10. The fraction of sp³-hybridized carbons (Fsp3) is 0.609. The van der Waals surface area contributed by atoms with E-state index in [1.54, 1.807) is 17.0 Å². The molecule has 1 saturated heterocycles. The van der Waals surface area contributed by atoms with E-state index in [9.17, 15) is 18.8 Å². The summed E-state index contributed by atoms with van der Waals surface area (Å²) in [5.74, 6) is -0.321. The molecule has 1 aliphatic carbocycles. The van der Waals surface area contributed by atoms with E-state index in [4.69, 9.17) is 0 Å². The van der Waals surface area contributed by atoms with E-state index in [1.165, 1.54) is 12.1 Å². The quantitative estimate of drug-likeness (QED) is 0.516. The van der Waals surface area contributed by atoms with Crippen LogP contribution >= 0.6 is 0 Å². The zero-order valence-electron chi connectivity index (χ0n) is 18.0. The molecule has 0 aromatic heterocycles. The number of imide groups is 1. The molecule has 1 saturated carbocycles. The minimum atomic E-state index is -0.839. The molecule has 3 rings (SSSR count). The fourth-order valence-corrected chi connectivity index (χ4v) is 4.30. The lowest BCUT2D eigenvalue weighted by Gasteiger charge is -2.33. The van der Waals surface area contributed by atoms with Gasteiger partial charge in [-0.25, -0.2) is 9.18 Å². The lowest BCUT2D eigenvalue weighted by atomic mass is 9.77. The second-order valence-corrected chi connectivity index (χ2v) is 8.73. The SMILES string of the molecule is CCCCCN(Cc1ccc(F)cc1)C(=O)CN1C(=O)NC2(CCC(C)CC2)C1=O. The third-order valence-electron chi connectivity index (χ3n) is 6.34. The van der Waals surface area contributed by atoms with Crippen LogP contribution in [0.5, 0.6) is 0 Å². The van der Waals surface area contributed by atoms with Crippen molar-refractivity contribution in [2.45, 2.75) is 70.9 Å². The van der Waals surface area contributed by atoms with Gasteiger partial charge in [0.1, 0.15) is 17.9 Å². The summed E-state index contributed by atoms with van der Waals surface area (Å²) in [6.07, 6.45) is 5.87. The highest BCUT2D eigenvalue weighted by molar-refractivity contribution is 6.09. The number of halogens is 1. The van der Waals surface area contributed by atoms with Crippen LogP contribution in [0, 0.1) is 11.7 Å². The monoisotopic (exact) mass is 417 g/mol. The van der Waals surface area contributed by atoms with E-state index >= 15 is 0 Å². The number of hydrogen-bond acceptors (Lipinski definition) is 3. The number of rotatable bonds is 8. The number of carbonyl (C=O) groups excluding carboxylic acids is 3. The summed E-state index contributed by atoms with van der Waals surface area (Å²) >= 11 is 0. The van der Waals surface area contributed by atoms with Crippen LogP contribution in [0.15, 0.2) is 24.3 Å². The Labute approximate surface area is 177 Å². The number of carbonyl (C=O) groups is 3. The average molecular weight is 418 g/mol. The summed E-state index contributed by atoms with van der Waals surface area (Å²) in [6, 6.07) is 5.57. The van der Waals surface area contributed by atoms with Gasteiger partial charge in [0.05, 0.1) is 0 Å². The minimum absolute atomic E-state index is 0.255. The van der Waals surface area contributed by atoms with Gasteiger partial charge in [0.15, 0.2) is 0 Å². The van der Waals surface area contributed by atoms with Crippen molar-refractivity contribution in [3.05, 3.63) is 35.6 Å². The van der Waals surface area contributed by atoms with E-state index in [-0.39, 0.29) is 24.2 Å². The number of unbranched alkanes of at least 4 members (excludes halogenated alkanes) is 2. The molecule has 0 unspecified atom stereocenters. The summed E-state index contributed by atoms with van der Waals surface area (Å²) in [5.41, 5.74) is -0.0235. The van der Waals surface area contributed by atoms with E-state index in [0.717, 1.165) is 42.6 Å². The molecule has 1 aromatic rings. The van der Waals surface area contributed by atoms with Gasteiger partial charge in [0.25, 0.3) is 5.91 Å². The zero-order valence-corrected chi connectivity index (χ0v) is 18.0. The van der Waals surface area contributed by atoms with Gasteiger partial charge in [-0.05, 0) is 55.7 Å². The minimum Gasteiger partial charge on any atom is -0.337 e. The van der Waals surface area contributed by atoms with Crippen molar-refractivity contribution >= 4 is 17.8 Å². The van der Waals surface area contributed by atoms with Crippen LogP contribution in [0.3, 0.4) is 0 Å². The average Bonchev–Trinajstić information content (AvgIpc) is 2.95. The number of amides is 4. The molecule has 2 fully saturated rings. The Bertz CT molecular complexity index is 772. The smallest absolute Gasteiger partial charge is 0.325 e. The third kappa shape index (κ3) is 4.99. The van der Waals surface area contributed by atoms with Crippen molar-refractivity contribution < 1.29 is 18.8 Å². The van der Waals surface area contributed by atoms with E-state index in [0.29, 0.717) is 31.8 Å². The van der Waals surface area contributed by atoms with Gasteiger partial charge < -0.3 is 10.2 Å². The Balaban J connectivity index is 1.68. The highest BCUT2D eigenvalue weighted by Crippen LogP contribution is 2.36. The number of benzene rings is 1.